The van der Waals surface area contributed by atoms with Crippen molar-refractivity contribution in [2.75, 3.05) is 52.4 Å². The number of carboxylic acid groups (broad SMARTS) is 2. The Morgan fingerprint density at radius 3 is 1.50 bits per heavy atom. The van der Waals surface area contributed by atoms with Crippen LogP contribution in [0, 0.1) is 0 Å². The van der Waals surface area contributed by atoms with Gasteiger partial charge in [0.15, 0.2) is 0 Å². The zero-order chi connectivity index (χ0) is 15.1. The number of aliphatic carboxylic acids is 2. The van der Waals surface area contributed by atoms with Gasteiger partial charge >= 0.3 is 11.9 Å². The van der Waals surface area contributed by atoms with Crippen molar-refractivity contribution in [2.45, 2.75) is 19.9 Å². The van der Waals surface area contributed by atoms with Crippen LogP contribution in [0.5, 0.6) is 0 Å². The van der Waals surface area contributed by atoms with E-state index in [1.165, 1.54) is 0 Å². The van der Waals surface area contributed by atoms with Crippen molar-refractivity contribution in [2.24, 2.45) is 0 Å². The molecule has 0 aliphatic carbocycles. The van der Waals surface area contributed by atoms with Gasteiger partial charge in [-0.05, 0) is 13.8 Å². The highest BCUT2D eigenvalue weighted by Gasteiger charge is 2.20. The monoisotopic (exact) mass is 287 g/mol. The van der Waals surface area contributed by atoms with Crippen LogP contribution in [0.15, 0.2) is 0 Å². The first-order chi connectivity index (χ1) is 9.38. The second-order valence-electron chi connectivity index (χ2n) is 5.47. The minimum Gasteiger partial charge on any atom is -0.480 e. The highest BCUT2D eigenvalue weighted by Crippen LogP contribution is 2.04. The smallest absolute Gasteiger partial charge is 0.317 e. The van der Waals surface area contributed by atoms with Crippen LogP contribution in [0.1, 0.15) is 13.8 Å². The second kappa shape index (κ2) is 8.18. The van der Waals surface area contributed by atoms with Crippen molar-refractivity contribution in [1.29, 1.82) is 0 Å². The van der Waals surface area contributed by atoms with Crippen molar-refractivity contribution in [1.82, 2.24) is 14.7 Å². The van der Waals surface area contributed by atoms with Crippen LogP contribution in [0.25, 0.3) is 0 Å². The zero-order valence-electron chi connectivity index (χ0n) is 12.3. The second-order valence-corrected chi connectivity index (χ2v) is 5.47. The van der Waals surface area contributed by atoms with Gasteiger partial charge < -0.3 is 10.2 Å². The van der Waals surface area contributed by atoms with E-state index in [2.05, 4.69) is 18.7 Å². The molecule has 0 saturated carbocycles. The van der Waals surface area contributed by atoms with Crippen molar-refractivity contribution < 1.29 is 19.8 Å². The van der Waals surface area contributed by atoms with Crippen LogP contribution in [-0.2, 0) is 9.59 Å². The van der Waals surface area contributed by atoms with Crippen molar-refractivity contribution >= 4 is 11.9 Å². The van der Waals surface area contributed by atoms with Gasteiger partial charge in [0.05, 0.1) is 13.1 Å². The summed E-state index contributed by atoms with van der Waals surface area (Å²) in [6, 6.07) is 0.367. The fourth-order valence-electron chi connectivity index (χ4n) is 2.37. The molecular formula is C13H25N3O4. The standard InChI is InChI=1S/C13H25N3O4/c1-11(2)16-7-5-14(9-12(17)18)3-4-15(6-8-16)10-13(19)20/h11H,3-10H2,1-2H3,(H,17,18)(H,19,20). The van der Waals surface area contributed by atoms with E-state index >= 15 is 0 Å². The lowest BCUT2D eigenvalue weighted by Crippen LogP contribution is -2.41. The summed E-state index contributed by atoms with van der Waals surface area (Å²) in [5.41, 5.74) is 0. The molecule has 1 aliphatic rings. The molecule has 20 heavy (non-hydrogen) atoms. The van der Waals surface area contributed by atoms with E-state index in [9.17, 15) is 9.59 Å². The molecule has 1 aliphatic heterocycles. The molecule has 0 unspecified atom stereocenters. The first-order valence-electron chi connectivity index (χ1n) is 7.01. The average molecular weight is 287 g/mol. The predicted molar refractivity (Wildman–Crippen MR) is 74.9 cm³/mol. The molecule has 7 nitrogen and oxygen atoms in total. The SMILES string of the molecule is CC(C)N1CCN(CC(=O)O)CCN(CC(=O)O)CC1. The largest absolute Gasteiger partial charge is 0.480 e. The number of rotatable bonds is 5. The highest BCUT2D eigenvalue weighted by atomic mass is 16.4. The van der Waals surface area contributed by atoms with Crippen LogP contribution < -0.4 is 0 Å². The average Bonchev–Trinajstić information content (AvgIpc) is 2.40. The van der Waals surface area contributed by atoms with Gasteiger partial charge in [0.1, 0.15) is 0 Å². The minimum absolute atomic E-state index is 0.00679. The molecule has 1 rings (SSSR count). The quantitative estimate of drug-likeness (QED) is 0.704. The van der Waals surface area contributed by atoms with Crippen molar-refractivity contribution in [3.8, 4) is 0 Å². The summed E-state index contributed by atoms with van der Waals surface area (Å²) in [5, 5.41) is 17.8. The lowest BCUT2D eigenvalue weighted by atomic mass is 10.3. The van der Waals surface area contributed by atoms with Crippen LogP contribution in [-0.4, -0.2) is 95.3 Å². The van der Waals surface area contributed by atoms with Crippen LogP contribution in [0.2, 0.25) is 0 Å². The van der Waals surface area contributed by atoms with E-state index in [1.54, 1.807) is 0 Å². The molecular weight excluding hydrogens is 262 g/mol. The molecule has 0 spiro atoms. The number of carboxylic acids is 2. The van der Waals surface area contributed by atoms with Gasteiger partial charge in [-0.25, -0.2) is 0 Å². The summed E-state index contributed by atoms with van der Waals surface area (Å²) < 4.78 is 0. The molecule has 0 radical (unpaired) electrons. The maximum atomic E-state index is 10.9. The normalized spacial score (nSPS) is 20.4. The minimum atomic E-state index is -0.842. The molecule has 2 N–H and O–H groups in total. The Morgan fingerprint density at radius 1 is 0.850 bits per heavy atom. The molecule has 7 heteroatoms. The van der Waals surface area contributed by atoms with E-state index in [0.29, 0.717) is 32.2 Å². The zero-order valence-corrected chi connectivity index (χ0v) is 12.3. The summed E-state index contributed by atoms with van der Waals surface area (Å²) >= 11 is 0. The van der Waals surface area contributed by atoms with E-state index in [0.717, 1.165) is 13.1 Å². The number of carbonyl (C=O) groups is 2. The fraction of sp³-hybridized carbons (Fsp3) is 0.846. The first kappa shape index (κ1) is 16.9. The number of hydrogen-bond donors (Lipinski definition) is 2. The Morgan fingerprint density at radius 2 is 1.20 bits per heavy atom. The summed E-state index contributed by atoms with van der Waals surface area (Å²) in [6.07, 6.45) is 0. The molecule has 116 valence electrons. The summed E-state index contributed by atoms with van der Waals surface area (Å²) in [7, 11) is 0. The third-order valence-corrected chi connectivity index (χ3v) is 3.59. The van der Waals surface area contributed by atoms with Gasteiger partial charge in [0, 0.05) is 45.3 Å². The summed E-state index contributed by atoms with van der Waals surface area (Å²) in [6.45, 7) is 8.41. The molecule has 1 fully saturated rings. The molecule has 0 amide bonds. The molecule has 0 bridgehead atoms. The molecule has 1 saturated heterocycles. The van der Waals surface area contributed by atoms with E-state index in [1.807, 2.05) is 9.80 Å². The molecule has 0 atom stereocenters. The Bertz CT molecular complexity index is 308. The molecule has 0 aromatic carbocycles. The topological polar surface area (TPSA) is 84.3 Å². The fourth-order valence-corrected chi connectivity index (χ4v) is 2.37. The van der Waals surface area contributed by atoms with Crippen LogP contribution >= 0.6 is 0 Å². The van der Waals surface area contributed by atoms with Crippen molar-refractivity contribution in [3.63, 3.8) is 0 Å². The third-order valence-electron chi connectivity index (χ3n) is 3.59. The van der Waals surface area contributed by atoms with Gasteiger partial charge in [-0.2, -0.15) is 0 Å². The van der Waals surface area contributed by atoms with Gasteiger partial charge in [0.2, 0.25) is 0 Å². The first-order valence-corrected chi connectivity index (χ1v) is 7.01. The van der Waals surface area contributed by atoms with Gasteiger partial charge in [0.25, 0.3) is 0 Å². The van der Waals surface area contributed by atoms with Gasteiger partial charge in [-0.15, -0.1) is 0 Å². The van der Waals surface area contributed by atoms with Crippen molar-refractivity contribution in [3.05, 3.63) is 0 Å². The van der Waals surface area contributed by atoms with Crippen LogP contribution in [0.4, 0.5) is 0 Å². The maximum absolute atomic E-state index is 10.9. The lowest BCUT2D eigenvalue weighted by molar-refractivity contribution is -0.140. The Labute approximate surface area is 119 Å². The van der Waals surface area contributed by atoms with E-state index in [4.69, 9.17) is 10.2 Å². The Kier molecular flexibility index (Phi) is 6.90. The predicted octanol–water partition coefficient (Wildman–Crippen LogP) is -0.516. The summed E-state index contributed by atoms with van der Waals surface area (Å²) in [4.78, 5) is 27.7. The number of nitrogens with zero attached hydrogens (tertiary/aromatic N) is 3. The Hall–Kier alpha value is -1.18. The maximum Gasteiger partial charge on any atom is 0.317 e. The van der Waals surface area contributed by atoms with Crippen LogP contribution in [0.3, 0.4) is 0 Å². The van der Waals surface area contributed by atoms with Gasteiger partial charge in [-0.3, -0.25) is 24.3 Å². The molecule has 1 heterocycles. The number of hydrogen-bond acceptors (Lipinski definition) is 5. The summed E-state index contributed by atoms with van der Waals surface area (Å²) in [5.74, 6) is -1.68. The van der Waals surface area contributed by atoms with Gasteiger partial charge in [-0.1, -0.05) is 0 Å². The highest BCUT2D eigenvalue weighted by molar-refractivity contribution is 5.69. The van der Waals surface area contributed by atoms with E-state index in [-0.39, 0.29) is 13.1 Å². The van der Waals surface area contributed by atoms with E-state index < -0.39 is 11.9 Å². The molecule has 0 aromatic heterocycles. The third kappa shape index (κ3) is 6.31. The lowest BCUT2D eigenvalue weighted by Gasteiger charge is -2.28. The molecule has 0 aromatic rings. The Balaban J connectivity index is 2.67.